The predicted molar refractivity (Wildman–Crippen MR) is 91.9 cm³/mol. The first kappa shape index (κ1) is 17.0. The number of hydrogen-bond donors (Lipinski definition) is 1. The maximum absolute atomic E-state index is 12.5. The average molecular weight is 302 g/mol. The number of rotatable bonds is 6. The van der Waals surface area contributed by atoms with Gasteiger partial charge in [-0.2, -0.15) is 0 Å². The predicted octanol–water partition coefficient (Wildman–Crippen LogP) is 3.42. The summed E-state index contributed by atoms with van der Waals surface area (Å²) in [5.74, 6) is 0.745. The Labute approximate surface area is 135 Å². The number of piperidine rings is 1. The quantitative estimate of drug-likeness (QED) is 0.873. The first-order chi connectivity index (χ1) is 10.6. The maximum atomic E-state index is 12.5. The Morgan fingerprint density at radius 1 is 1.32 bits per heavy atom. The third-order valence-electron chi connectivity index (χ3n) is 4.77. The Hall–Kier alpha value is -1.35. The second-order valence-corrected chi connectivity index (χ2v) is 6.71. The maximum Gasteiger partial charge on any atom is 0.227 e. The molecule has 1 N–H and O–H groups in total. The van der Waals surface area contributed by atoms with Crippen LogP contribution in [0.15, 0.2) is 30.3 Å². The molecular formula is C19H30N2O. The Morgan fingerprint density at radius 3 is 2.68 bits per heavy atom. The van der Waals surface area contributed by atoms with Gasteiger partial charge in [0.15, 0.2) is 0 Å². The van der Waals surface area contributed by atoms with Crippen molar-refractivity contribution >= 4 is 5.91 Å². The van der Waals surface area contributed by atoms with Gasteiger partial charge < -0.3 is 10.2 Å². The second-order valence-electron chi connectivity index (χ2n) is 6.71. The van der Waals surface area contributed by atoms with E-state index in [0.717, 1.165) is 25.1 Å². The fourth-order valence-corrected chi connectivity index (χ4v) is 3.36. The van der Waals surface area contributed by atoms with Crippen molar-refractivity contribution < 1.29 is 4.79 Å². The lowest BCUT2D eigenvalue weighted by Gasteiger charge is -2.35. The van der Waals surface area contributed by atoms with Crippen LogP contribution < -0.4 is 5.32 Å². The normalized spacial score (nSPS) is 20.8. The van der Waals surface area contributed by atoms with Crippen molar-refractivity contribution in [1.29, 1.82) is 0 Å². The Balaban J connectivity index is 1.86. The van der Waals surface area contributed by atoms with Gasteiger partial charge in [0.2, 0.25) is 5.91 Å². The zero-order valence-corrected chi connectivity index (χ0v) is 14.2. The lowest BCUT2D eigenvalue weighted by Crippen LogP contribution is -2.44. The molecule has 1 saturated heterocycles. The number of benzene rings is 1. The number of likely N-dealkylation sites (tertiary alicyclic amines) is 1. The minimum Gasteiger partial charge on any atom is -0.355 e. The molecule has 1 aliphatic heterocycles. The molecule has 3 nitrogen and oxygen atoms in total. The minimum atomic E-state index is -0.0222. The summed E-state index contributed by atoms with van der Waals surface area (Å²) in [6.45, 7) is 9.71. The van der Waals surface area contributed by atoms with Gasteiger partial charge in [0, 0.05) is 19.1 Å². The van der Waals surface area contributed by atoms with Gasteiger partial charge in [-0.05, 0) is 51.1 Å². The van der Waals surface area contributed by atoms with Crippen LogP contribution in [-0.4, -0.2) is 36.5 Å². The second kappa shape index (κ2) is 8.33. The van der Waals surface area contributed by atoms with Gasteiger partial charge in [0.25, 0.3) is 0 Å². The SMILES string of the molecule is CC[C@H](C(=O)NC[C@@H]1CCCN(C(C)C)C1)c1ccccc1. The van der Waals surface area contributed by atoms with E-state index in [2.05, 4.69) is 43.1 Å². The summed E-state index contributed by atoms with van der Waals surface area (Å²) in [6, 6.07) is 10.7. The molecule has 0 unspecified atom stereocenters. The van der Waals surface area contributed by atoms with E-state index in [0.29, 0.717) is 12.0 Å². The van der Waals surface area contributed by atoms with Crippen LogP contribution in [0.5, 0.6) is 0 Å². The molecule has 1 aromatic rings. The summed E-state index contributed by atoms with van der Waals surface area (Å²) in [4.78, 5) is 15.0. The van der Waals surface area contributed by atoms with Gasteiger partial charge in [0.05, 0.1) is 5.92 Å². The van der Waals surface area contributed by atoms with Crippen LogP contribution in [0.2, 0.25) is 0 Å². The standard InChI is InChI=1S/C19H30N2O/c1-4-18(17-10-6-5-7-11-17)19(22)20-13-16-9-8-12-21(14-16)15(2)3/h5-7,10-11,15-16,18H,4,8-9,12-14H2,1-3H3,(H,20,22)/t16-,18-/m0/s1. The van der Waals surface area contributed by atoms with Crippen molar-refractivity contribution in [3.63, 3.8) is 0 Å². The summed E-state index contributed by atoms with van der Waals surface area (Å²) in [5.41, 5.74) is 1.12. The molecule has 0 radical (unpaired) electrons. The van der Waals surface area contributed by atoms with Gasteiger partial charge in [-0.15, -0.1) is 0 Å². The third-order valence-corrected chi connectivity index (χ3v) is 4.77. The molecule has 0 spiro atoms. The lowest BCUT2D eigenvalue weighted by molar-refractivity contribution is -0.122. The van der Waals surface area contributed by atoms with Gasteiger partial charge >= 0.3 is 0 Å². The molecule has 1 aliphatic rings. The summed E-state index contributed by atoms with van der Waals surface area (Å²) in [7, 11) is 0. The molecule has 0 bridgehead atoms. The smallest absolute Gasteiger partial charge is 0.227 e. The summed E-state index contributed by atoms with van der Waals surface area (Å²) in [6.07, 6.45) is 3.32. The molecule has 0 aromatic heterocycles. The van der Waals surface area contributed by atoms with Gasteiger partial charge in [-0.25, -0.2) is 0 Å². The first-order valence-electron chi connectivity index (χ1n) is 8.68. The average Bonchev–Trinajstić information content (AvgIpc) is 2.55. The van der Waals surface area contributed by atoms with E-state index >= 15 is 0 Å². The number of hydrogen-bond acceptors (Lipinski definition) is 2. The summed E-state index contributed by atoms with van der Waals surface area (Å²) >= 11 is 0. The Bertz CT molecular complexity index is 458. The highest BCUT2D eigenvalue weighted by atomic mass is 16.1. The van der Waals surface area contributed by atoms with Crippen molar-refractivity contribution in [1.82, 2.24) is 10.2 Å². The minimum absolute atomic E-state index is 0.0222. The molecular weight excluding hydrogens is 272 g/mol. The molecule has 1 fully saturated rings. The molecule has 2 atom stereocenters. The van der Waals surface area contributed by atoms with E-state index < -0.39 is 0 Å². The van der Waals surface area contributed by atoms with E-state index in [-0.39, 0.29) is 11.8 Å². The van der Waals surface area contributed by atoms with Crippen LogP contribution in [-0.2, 0) is 4.79 Å². The number of carbonyl (C=O) groups excluding carboxylic acids is 1. The zero-order valence-electron chi connectivity index (χ0n) is 14.2. The van der Waals surface area contributed by atoms with Crippen LogP contribution in [0, 0.1) is 5.92 Å². The molecule has 1 aromatic carbocycles. The Morgan fingerprint density at radius 2 is 2.05 bits per heavy atom. The highest BCUT2D eigenvalue weighted by Crippen LogP contribution is 2.21. The number of carbonyl (C=O) groups is 1. The largest absolute Gasteiger partial charge is 0.355 e. The van der Waals surface area contributed by atoms with Gasteiger partial charge in [-0.1, -0.05) is 37.3 Å². The van der Waals surface area contributed by atoms with Crippen molar-refractivity contribution in [3.05, 3.63) is 35.9 Å². The highest BCUT2D eigenvalue weighted by Gasteiger charge is 2.24. The van der Waals surface area contributed by atoms with Crippen molar-refractivity contribution in [2.45, 2.75) is 52.0 Å². The summed E-state index contributed by atoms with van der Waals surface area (Å²) < 4.78 is 0. The Kier molecular flexibility index (Phi) is 6.44. The molecule has 0 saturated carbocycles. The van der Waals surface area contributed by atoms with E-state index in [1.54, 1.807) is 0 Å². The fourth-order valence-electron chi connectivity index (χ4n) is 3.36. The lowest BCUT2D eigenvalue weighted by atomic mass is 9.94. The van der Waals surface area contributed by atoms with Crippen LogP contribution in [0.3, 0.4) is 0 Å². The molecule has 122 valence electrons. The fraction of sp³-hybridized carbons (Fsp3) is 0.632. The molecule has 1 heterocycles. The molecule has 1 amide bonds. The van der Waals surface area contributed by atoms with Gasteiger partial charge in [-0.3, -0.25) is 4.79 Å². The number of amides is 1. The molecule has 2 rings (SSSR count). The van der Waals surface area contributed by atoms with E-state index in [1.807, 2.05) is 18.2 Å². The van der Waals surface area contributed by atoms with Crippen LogP contribution in [0.1, 0.15) is 51.5 Å². The highest BCUT2D eigenvalue weighted by molar-refractivity contribution is 5.83. The van der Waals surface area contributed by atoms with E-state index in [4.69, 9.17) is 0 Å². The van der Waals surface area contributed by atoms with Crippen molar-refractivity contribution in [3.8, 4) is 0 Å². The van der Waals surface area contributed by atoms with E-state index in [9.17, 15) is 4.79 Å². The van der Waals surface area contributed by atoms with Crippen LogP contribution in [0.25, 0.3) is 0 Å². The van der Waals surface area contributed by atoms with Crippen molar-refractivity contribution in [2.24, 2.45) is 5.92 Å². The van der Waals surface area contributed by atoms with Crippen LogP contribution in [0.4, 0.5) is 0 Å². The number of nitrogens with zero attached hydrogens (tertiary/aromatic N) is 1. The molecule has 22 heavy (non-hydrogen) atoms. The van der Waals surface area contributed by atoms with E-state index in [1.165, 1.54) is 19.4 Å². The van der Waals surface area contributed by atoms with Crippen LogP contribution >= 0.6 is 0 Å². The summed E-state index contributed by atoms with van der Waals surface area (Å²) in [5, 5.41) is 3.20. The number of nitrogens with one attached hydrogen (secondary N) is 1. The molecule has 0 aliphatic carbocycles. The topological polar surface area (TPSA) is 32.3 Å². The van der Waals surface area contributed by atoms with Gasteiger partial charge in [0.1, 0.15) is 0 Å². The molecule has 3 heteroatoms. The monoisotopic (exact) mass is 302 g/mol. The van der Waals surface area contributed by atoms with Crippen molar-refractivity contribution in [2.75, 3.05) is 19.6 Å². The first-order valence-corrected chi connectivity index (χ1v) is 8.68. The zero-order chi connectivity index (χ0) is 15.9. The third kappa shape index (κ3) is 4.57.